The second-order valence-corrected chi connectivity index (χ2v) is 13.6. The van der Waals surface area contributed by atoms with E-state index in [2.05, 4.69) is 21.2 Å². The van der Waals surface area contributed by atoms with Gasteiger partial charge in [0, 0.05) is 17.1 Å². The van der Waals surface area contributed by atoms with Crippen LogP contribution in [-0.2, 0) is 26.2 Å². The molecule has 1 atom stereocenters. The summed E-state index contributed by atoms with van der Waals surface area (Å²) in [5, 5.41) is 3.13. The topological polar surface area (TPSA) is 86.8 Å². The molecule has 0 radical (unpaired) electrons. The Bertz CT molecular complexity index is 1450. The number of carbonyl (C=O) groups is 2. The van der Waals surface area contributed by atoms with E-state index in [0.717, 1.165) is 51.2 Å². The molecule has 2 amide bonds. The van der Waals surface area contributed by atoms with E-state index in [1.54, 1.807) is 37.3 Å². The number of hydrogen-bond donors (Lipinski definition) is 1. The van der Waals surface area contributed by atoms with Crippen LogP contribution in [-0.4, -0.2) is 43.8 Å². The quantitative estimate of drug-likeness (QED) is 0.289. The van der Waals surface area contributed by atoms with Crippen LogP contribution in [0.3, 0.4) is 0 Å². The van der Waals surface area contributed by atoms with E-state index in [9.17, 15) is 18.0 Å². The molecule has 1 N–H and O–H groups in total. The van der Waals surface area contributed by atoms with Crippen molar-refractivity contribution in [2.45, 2.75) is 76.4 Å². The van der Waals surface area contributed by atoms with Crippen LogP contribution in [0.2, 0.25) is 0 Å². The van der Waals surface area contributed by atoms with Gasteiger partial charge in [-0.2, -0.15) is 0 Å². The third-order valence-corrected chi connectivity index (χ3v) is 9.75. The fourth-order valence-electron chi connectivity index (χ4n) is 5.33. The van der Waals surface area contributed by atoms with E-state index < -0.39 is 28.5 Å². The smallest absolute Gasteiger partial charge is 0.264 e. The number of sulfonamides is 1. The van der Waals surface area contributed by atoms with Crippen LogP contribution in [0.4, 0.5) is 5.69 Å². The van der Waals surface area contributed by atoms with Crippen molar-refractivity contribution in [3.8, 4) is 0 Å². The van der Waals surface area contributed by atoms with Gasteiger partial charge in [-0.1, -0.05) is 71.6 Å². The highest BCUT2D eigenvalue weighted by molar-refractivity contribution is 9.10. The van der Waals surface area contributed by atoms with Crippen LogP contribution in [0.15, 0.2) is 82.2 Å². The van der Waals surface area contributed by atoms with Gasteiger partial charge in [0.15, 0.2) is 0 Å². The van der Waals surface area contributed by atoms with Gasteiger partial charge in [0.05, 0.1) is 10.6 Å². The van der Waals surface area contributed by atoms with Crippen LogP contribution >= 0.6 is 15.9 Å². The largest absolute Gasteiger partial charge is 0.352 e. The Kier molecular flexibility index (Phi) is 10.3. The van der Waals surface area contributed by atoms with Gasteiger partial charge in [-0.15, -0.1) is 0 Å². The summed E-state index contributed by atoms with van der Waals surface area (Å²) in [6.07, 6.45) is 5.16. The number of nitrogens with zero attached hydrogens (tertiary/aromatic N) is 2. The molecule has 4 rings (SSSR count). The first-order chi connectivity index (χ1) is 19.5. The zero-order valence-electron chi connectivity index (χ0n) is 23.8. The van der Waals surface area contributed by atoms with Gasteiger partial charge in [-0.3, -0.25) is 13.9 Å². The molecule has 9 heteroatoms. The molecule has 41 heavy (non-hydrogen) atoms. The van der Waals surface area contributed by atoms with Gasteiger partial charge < -0.3 is 10.2 Å². The molecule has 0 spiro atoms. The van der Waals surface area contributed by atoms with E-state index in [0.29, 0.717) is 5.69 Å². The molecule has 3 aromatic carbocycles. The number of hydrogen-bond acceptors (Lipinski definition) is 4. The Hall–Kier alpha value is -3.17. The molecule has 0 saturated heterocycles. The van der Waals surface area contributed by atoms with E-state index in [-0.39, 0.29) is 23.4 Å². The lowest BCUT2D eigenvalue weighted by atomic mass is 9.95. The highest BCUT2D eigenvalue weighted by Gasteiger charge is 2.33. The zero-order valence-corrected chi connectivity index (χ0v) is 26.2. The molecule has 218 valence electrons. The normalized spacial score (nSPS) is 14.7. The summed E-state index contributed by atoms with van der Waals surface area (Å²) in [5.41, 5.74) is 2.99. The maximum atomic E-state index is 14.1. The zero-order chi connectivity index (χ0) is 29.6. The third kappa shape index (κ3) is 7.98. The summed E-state index contributed by atoms with van der Waals surface area (Å²) in [4.78, 5) is 29.1. The Morgan fingerprint density at radius 2 is 1.59 bits per heavy atom. The molecule has 1 aliphatic rings. The van der Waals surface area contributed by atoms with E-state index in [1.165, 1.54) is 23.5 Å². The molecular weight excluding hydrogens is 602 g/mol. The van der Waals surface area contributed by atoms with Crippen molar-refractivity contribution >= 4 is 43.5 Å². The van der Waals surface area contributed by atoms with Gasteiger partial charge in [0.25, 0.3) is 10.0 Å². The first-order valence-corrected chi connectivity index (χ1v) is 16.3. The summed E-state index contributed by atoms with van der Waals surface area (Å²) in [5.74, 6) is -0.695. The van der Waals surface area contributed by atoms with Crippen LogP contribution in [0.1, 0.15) is 55.7 Å². The number of benzene rings is 3. The van der Waals surface area contributed by atoms with E-state index in [4.69, 9.17) is 0 Å². The predicted molar refractivity (Wildman–Crippen MR) is 166 cm³/mol. The van der Waals surface area contributed by atoms with Gasteiger partial charge in [-0.05, 0) is 86.7 Å². The minimum absolute atomic E-state index is 0.0896. The van der Waals surface area contributed by atoms with Crippen molar-refractivity contribution in [1.29, 1.82) is 0 Å². The third-order valence-electron chi connectivity index (χ3n) is 7.47. The number of amides is 2. The van der Waals surface area contributed by atoms with Gasteiger partial charge in [-0.25, -0.2) is 8.42 Å². The van der Waals surface area contributed by atoms with E-state index in [1.807, 2.05) is 44.2 Å². The average Bonchev–Trinajstić information content (AvgIpc) is 2.94. The molecule has 1 fully saturated rings. The van der Waals surface area contributed by atoms with Crippen LogP contribution in [0.5, 0.6) is 0 Å². The fraction of sp³-hybridized carbons (Fsp3) is 0.375. The summed E-state index contributed by atoms with van der Waals surface area (Å²) in [6, 6.07) is 20.4. The number of halogens is 1. The SMILES string of the molecule is Cc1cc(C)cc(N(CC(=O)N(Cc2cccc(Br)c2)[C@H](C)C(=O)NC2CCCCC2)S(=O)(=O)c2ccccc2)c1. The minimum atomic E-state index is -4.09. The van der Waals surface area contributed by atoms with Crippen molar-refractivity contribution in [1.82, 2.24) is 10.2 Å². The molecule has 7 nitrogen and oxygen atoms in total. The Morgan fingerprint density at radius 3 is 2.22 bits per heavy atom. The Morgan fingerprint density at radius 1 is 0.927 bits per heavy atom. The maximum absolute atomic E-state index is 14.1. The van der Waals surface area contributed by atoms with Gasteiger partial charge in [0.2, 0.25) is 11.8 Å². The molecule has 3 aromatic rings. The van der Waals surface area contributed by atoms with Crippen molar-refractivity contribution in [3.05, 3.63) is 94.0 Å². The Labute approximate surface area is 252 Å². The Balaban J connectivity index is 1.69. The maximum Gasteiger partial charge on any atom is 0.264 e. The number of nitrogens with one attached hydrogen (secondary N) is 1. The summed E-state index contributed by atoms with van der Waals surface area (Å²) >= 11 is 3.49. The first kappa shape index (κ1) is 30.8. The molecule has 0 bridgehead atoms. The second-order valence-electron chi connectivity index (χ2n) is 10.8. The second kappa shape index (κ2) is 13.7. The van der Waals surface area contributed by atoms with Gasteiger partial charge >= 0.3 is 0 Å². The minimum Gasteiger partial charge on any atom is -0.352 e. The first-order valence-electron chi connectivity index (χ1n) is 14.0. The molecule has 0 aliphatic heterocycles. The number of carbonyl (C=O) groups excluding carboxylic acids is 2. The number of rotatable bonds is 10. The number of aryl methyl sites for hydroxylation is 2. The molecule has 0 aromatic heterocycles. The lowest BCUT2D eigenvalue weighted by Crippen LogP contribution is -2.53. The summed E-state index contributed by atoms with van der Waals surface area (Å²) in [6.45, 7) is 5.20. The number of anilines is 1. The van der Waals surface area contributed by atoms with Gasteiger partial charge in [0.1, 0.15) is 12.6 Å². The van der Waals surface area contributed by atoms with Crippen LogP contribution in [0.25, 0.3) is 0 Å². The molecule has 1 saturated carbocycles. The lowest BCUT2D eigenvalue weighted by molar-refractivity contribution is -0.139. The summed E-state index contributed by atoms with van der Waals surface area (Å²) in [7, 11) is -4.09. The molecule has 1 aliphatic carbocycles. The predicted octanol–water partition coefficient (Wildman–Crippen LogP) is 6.13. The van der Waals surface area contributed by atoms with Crippen molar-refractivity contribution in [2.75, 3.05) is 10.8 Å². The standard InChI is InChI=1S/C32H38BrN3O4S/c1-23-17-24(2)19-29(18-23)36(41(39,40)30-15-8-5-9-16-30)22-31(37)35(21-26-11-10-12-27(33)20-26)25(3)32(38)34-28-13-6-4-7-14-28/h5,8-12,15-20,25,28H,4,6-7,13-14,21-22H2,1-3H3,(H,34,38)/t25-/m1/s1. The highest BCUT2D eigenvalue weighted by atomic mass is 79.9. The highest BCUT2D eigenvalue weighted by Crippen LogP contribution is 2.27. The monoisotopic (exact) mass is 639 g/mol. The van der Waals surface area contributed by atoms with Crippen molar-refractivity contribution in [3.63, 3.8) is 0 Å². The van der Waals surface area contributed by atoms with Crippen molar-refractivity contribution < 1.29 is 18.0 Å². The fourth-order valence-corrected chi connectivity index (χ4v) is 7.19. The molecule has 0 heterocycles. The lowest BCUT2D eigenvalue weighted by Gasteiger charge is -2.33. The molecular formula is C32H38BrN3O4S. The summed E-state index contributed by atoms with van der Waals surface area (Å²) < 4.78 is 29.9. The van der Waals surface area contributed by atoms with E-state index >= 15 is 0 Å². The van der Waals surface area contributed by atoms with Crippen LogP contribution < -0.4 is 9.62 Å². The molecule has 0 unspecified atom stereocenters. The van der Waals surface area contributed by atoms with Crippen LogP contribution in [0, 0.1) is 13.8 Å². The van der Waals surface area contributed by atoms with Crippen molar-refractivity contribution in [2.24, 2.45) is 0 Å². The average molecular weight is 641 g/mol.